The van der Waals surface area contributed by atoms with Gasteiger partial charge in [-0.05, 0) is 51.0 Å². The van der Waals surface area contributed by atoms with Crippen LogP contribution in [0.2, 0.25) is 0 Å². The molecule has 200 valence electrons. The third-order valence-corrected chi connectivity index (χ3v) is 8.19. The standard InChI is InChI=1S/C27H31N5O5S/c1-20-9-12-25(13-10-20)38(35,36)32-15-5-7-24(32)18-31-17-23(28-30-31)19-37-26-8-4-3-6-22(26)16-21(2)11-14-27(33)29-34/h3-4,6,8-14,16-17,24,34H,5,7,15,18-19H2,1-2H3,(H,29,33)/b14-11+,21-16+/t24-/m0/s1. The Bertz CT molecular complexity index is 1430. The first-order valence-corrected chi connectivity index (χ1v) is 13.7. The number of carbonyl (C=O) groups excluding carboxylic acids is 1. The van der Waals surface area contributed by atoms with Gasteiger partial charge in [0.2, 0.25) is 10.0 Å². The number of hydroxylamine groups is 1. The van der Waals surface area contributed by atoms with Gasteiger partial charge in [-0.25, -0.2) is 13.9 Å². The van der Waals surface area contributed by atoms with Crippen molar-refractivity contribution in [1.82, 2.24) is 24.8 Å². The van der Waals surface area contributed by atoms with Crippen molar-refractivity contribution < 1.29 is 23.2 Å². The van der Waals surface area contributed by atoms with Crippen LogP contribution in [0.3, 0.4) is 0 Å². The normalized spacial score (nSPS) is 16.7. The van der Waals surface area contributed by atoms with Gasteiger partial charge in [-0.2, -0.15) is 4.31 Å². The lowest BCUT2D eigenvalue weighted by Crippen LogP contribution is -2.38. The van der Waals surface area contributed by atoms with Crippen LogP contribution in [-0.2, 0) is 28.0 Å². The molecule has 1 aromatic heterocycles. The van der Waals surface area contributed by atoms with Crippen LogP contribution in [0.4, 0.5) is 0 Å². The second-order valence-electron chi connectivity index (χ2n) is 9.18. The Labute approximate surface area is 222 Å². The molecule has 2 heterocycles. The summed E-state index contributed by atoms with van der Waals surface area (Å²) in [7, 11) is -3.59. The first-order chi connectivity index (χ1) is 18.3. The molecular weight excluding hydrogens is 506 g/mol. The molecule has 1 aliphatic heterocycles. The number of nitrogens with one attached hydrogen (secondary N) is 1. The van der Waals surface area contributed by atoms with Crippen LogP contribution in [0, 0.1) is 6.92 Å². The summed E-state index contributed by atoms with van der Waals surface area (Å²) in [5, 5.41) is 17.0. The summed E-state index contributed by atoms with van der Waals surface area (Å²) in [6.07, 6.45) is 7.99. The molecule has 1 aliphatic rings. The van der Waals surface area contributed by atoms with Gasteiger partial charge in [0.1, 0.15) is 18.1 Å². The molecule has 1 saturated heterocycles. The van der Waals surface area contributed by atoms with Crippen molar-refractivity contribution in [1.29, 1.82) is 0 Å². The first kappa shape index (κ1) is 27.2. The van der Waals surface area contributed by atoms with Crippen molar-refractivity contribution in [3.8, 4) is 5.75 Å². The minimum absolute atomic E-state index is 0.183. The van der Waals surface area contributed by atoms with E-state index < -0.39 is 15.9 Å². The summed E-state index contributed by atoms with van der Waals surface area (Å²) in [6.45, 7) is 4.83. The van der Waals surface area contributed by atoms with E-state index in [-0.39, 0.29) is 12.6 Å². The summed E-state index contributed by atoms with van der Waals surface area (Å²) in [5.41, 5.74) is 4.78. The maximum Gasteiger partial charge on any atom is 0.267 e. The molecule has 4 rings (SSSR count). The third kappa shape index (κ3) is 6.74. The number of allylic oxidation sites excluding steroid dienone is 2. The molecule has 0 saturated carbocycles. The highest BCUT2D eigenvalue weighted by Gasteiger charge is 2.35. The topological polar surface area (TPSA) is 127 Å². The highest BCUT2D eigenvalue weighted by Crippen LogP contribution is 2.27. The molecule has 1 fully saturated rings. The van der Waals surface area contributed by atoms with Gasteiger partial charge in [0.15, 0.2) is 0 Å². The van der Waals surface area contributed by atoms with Crippen molar-refractivity contribution in [3.63, 3.8) is 0 Å². The number of rotatable bonds is 10. The van der Waals surface area contributed by atoms with Crippen LogP contribution in [0.1, 0.15) is 36.6 Å². The maximum atomic E-state index is 13.2. The number of hydrogen-bond acceptors (Lipinski definition) is 7. The van der Waals surface area contributed by atoms with E-state index in [0.717, 1.165) is 29.5 Å². The van der Waals surface area contributed by atoms with E-state index in [4.69, 9.17) is 9.94 Å². The van der Waals surface area contributed by atoms with Gasteiger partial charge >= 0.3 is 0 Å². The van der Waals surface area contributed by atoms with E-state index in [1.165, 1.54) is 6.08 Å². The SMILES string of the molecule is CC(/C=C/C(=O)NO)=C\c1ccccc1OCc1cn(C[C@@H]2CCCN2S(=O)(=O)c2ccc(C)cc2)nn1. The Morgan fingerprint density at radius 2 is 1.95 bits per heavy atom. The minimum Gasteiger partial charge on any atom is -0.487 e. The number of nitrogens with zero attached hydrogens (tertiary/aromatic N) is 4. The van der Waals surface area contributed by atoms with E-state index in [0.29, 0.717) is 29.4 Å². The van der Waals surface area contributed by atoms with Crippen LogP contribution in [0.25, 0.3) is 6.08 Å². The smallest absolute Gasteiger partial charge is 0.267 e. The summed E-state index contributed by atoms with van der Waals surface area (Å²) in [5.74, 6) is 0.0198. The van der Waals surface area contributed by atoms with E-state index in [1.54, 1.807) is 38.9 Å². The van der Waals surface area contributed by atoms with Gasteiger partial charge < -0.3 is 4.74 Å². The van der Waals surface area contributed by atoms with Crippen LogP contribution in [-0.4, -0.2) is 51.4 Å². The summed E-state index contributed by atoms with van der Waals surface area (Å²) >= 11 is 0. The molecule has 0 spiro atoms. The highest BCUT2D eigenvalue weighted by molar-refractivity contribution is 7.89. The minimum atomic E-state index is -3.59. The number of para-hydroxylation sites is 1. The summed E-state index contributed by atoms with van der Waals surface area (Å²) in [6, 6.07) is 14.2. The molecule has 0 radical (unpaired) electrons. The predicted octanol–water partition coefficient (Wildman–Crippen LogP) is 3.48. The summed E-state index contributed by atoms with van der Waals surface area (Å²) < 4.78 is 35.7. The zero-order valence-corrected chi connectivity index (χ0v) is 22.1. The van der Waals surface area contributed by atoms with Crippen LogP contribution >= 0.6 is 0 Å². The molecule has 38 heavy (non-hydrogen) atoms. The van der Waals surface area contributed by atoms with Crippen LogP contribution in [0.15, 0.2) is 77.3 Å². The Morgan fingerprint density at radius 1 is 1.18 bits per heavy atom. The van der Waals surface area contributed by atoms with Gasteiger partial charge in [-0.1, -0.05) is 52.8 Å². The lowest BCUT2D eigenvalue weighted by Gasteiger charge is -2.24. The number of aromatic nitrogens is 3. The third-order valence-electron chi connectivity index (χ3n) is 6.22. The fraction of sp³-hybridized carbons (Fsp3) is 0.296. The lowest BCUT2D eigenvalue weighted by molar-refractivity contribution is -0.124. The first-order valence-electron chi connectivity index (χ1n) is 12.3. The zero-order chi connectivity index (χ0) is 27.1. The largest absolute Gasteiger partial charge is 0.487 e. The monoisotopic (exact) mass is 537 g/mol. The van der Waals surface area contributed by atoms with Crippen molar-refractivity contribution >= 4 is 22.0 Å². The summed E-state index contributed by atoms with van der Waals surface area (Å²) in [4.78, 5) is 11.5. The fourth-order valence-electron chi connectivity index (χ4n) is 4.28. The molecule has 11 heteroatoms. The zero-order valence-electron chi connectivity index (χ0n) is 21.3. The second kappa shape index (κ2) is 12.2. The number of ether oxygens (including phenoxy) is 1. The van der Waals surface area contributed by atoms with E-state index in [9.17, 15) is 13.2 Å². The van der Waals surface area contributed by atoms with E-state index in [1.807, 2.05) is 56.3 Å². The molecule has 2 N–H and O–H groups in total. The van der Waals surface area contributed by atoms with Gasteiger partial charge in [-0.15, -0.1) is 5.10 Å². The Balaban J connectivity index is 1.40. The molecule has 3 aromatic rings. The number of aryl methyl sites for hydroxylation is 1. The molecule has 10 nitrogen and oxygen atoms in total. The lowest BCUT2D eigenvalue weighted by atomic mass is 10.1. The maximum absolute atomic E-state index is 13.2. The molecule has 2 aromatic carbocycles. The fourth-order valence-corrected chi connectivity index (χ4v) is 5.97. The second-order valence-corrected chi connectivity index (χ2v) is 11.1. The molecule has 0 unspecified atom stereocenters. The molecule has 1 atom stereocenters. The average molecular weight is 538 g/mol. The van der Waals surface area contributed by atoms with Crippen LogP contribution in [0.5, 0.6) is 5.75 Å². The number of amides is 1. The van der Waals surface area contributed by atoms with Crippen molar-refractivity contribution in [2.45, 2.75) is 50.8 Å². The average Bonchev–Trinajstić information content (AvgIpc) is 3.57. The number of hydrogen-bond donors (Lipinski definition) is 2. The van der Waals surface area contributed by atoms with Gasteiger partial charge in [0.05, 0.1) is 17.6 Å². The predicted molar refractivity (Wildman–Crippen MR) is 142 cm³/mol. The van der Waals surface area contributed by atoms with Crippen molar-refractivity contribution in [3.05, 3.63) is 89.3 Å². The molecule has 0 bridgehead atoms. The van der Waals surface area contributed by atoms with E-state index in [2.05, 4.69) is 10.3 Å². The Kier molecular flexibility index (Phi) is 8.72. The Hall–Kier alpha value is -3.80. The van der Waals surface area contributed by atoms with Gasteiger partial charge in [0, 0.05) is 24.2 Å². The number of sulfonamides is 1. The number of benzene rings is 2. The van der Waals surface area contributed by atoms with E-state index >= 15 is 0 Å². The Morgan fingerprint density at radius 3 is 2.71 bits per heavy atom. The molecular formula is C27H31N5O5S. The van der Waals surface area contributed by atoms with Crippen LogP contribution < -0.4 is 10.2 Å². The quantitative estimate of drug-likeness (QED) is 0.175. The van der Waals surface area contributed by atoms with Crippen molar-refractivity contribution in [2.75, 3.05) is 6.54 Å². The molecule has 1 amide bonds. The van der Waals surface area contributed by atoms with Crippen molar-refractivity contribution in [2.24, 2.45) is 0 Å². The van der Waals surface area contributed by atoms with Gasteiger partial charge in [-0.3, -0.25) is 14.7 Å². The highest BCUT2D eigenvalue weighted by atomic mass is 32.2. The van der Waals surface area contributed by atoms with Gasteiger partial charge in [0.25, 0.3) is 5.91 Å². The molecule has 0 aliphatic carbocycles. The number of carbonyl (C=O) groups is 1.